The van der Waals surface area contributed by atoms with E-state index in [0.29, 0.717) is 5.56 Å². The Labute approximate surface area is 229 Å². The summed E-state index contributed by atoms with van der Waals surface area (Å²) in [5.74, 6) is -2.59. The van der Waals surface area contributed by atoms with Crippen molar-refractivity contribution < 1.29 is 59.8 Å². The monoisotopic (exact) mass is 572 g/mol. The molecule has 0 aliphatic carbocycles. The molecule has 2 aliphatic rings. The standard InChI is InChI=1S/C26H33ClO12/c27-25(15-9-5-2-6-10-15,39-24-22(34)20(32)18(30)16(11-28)37-24)26(36-13-14-7-3-1-4-8-14)23(35)21(33)19(31)17(12-29)38-26/h1-10,16-24,28-35H,11-13H2/t16-,17-,18-,19-,20+,21+,22-,23-,24?,25?,26?/m1/s1. The molecule has 2 aromatic carbocycles. The lowest BCUT2D eigenvalue weighted by Gasteiger charge is -2.55. The molecule has 2 saturated heterocycles. The second-order valence-corrected chi connectivity index (χ2v) is 10.0. The summed E-state index contributed by atoms with van der Waals surface area (Å²) in [6.07, 6.45) is -15.9. The number of hydrogen-bond donors (Lipinski definition) is 8. The molecule has 2 aromatic rings. The van der Waals surface area contributed by atoms with Gasteiger partial charge in [-0.1, -0.05) is 72.3 Å². The highest BCUT2D eigenvalue weighted by molar-refractivity contribution is 6.23. The predicted octanol–water partition coefficient (Wildman–Crippen LogP) is -1.72. The van der Waals surface area contributed by atoms with Crippen molar-refractivity contribution in [3.05, 3.63) is 71.8 Å². The van der Waals surface area contributed by atoms with Crippen LogP contribution in [0.2, 0.25) is 0 Å². The average molecular weight is 573 g/mol. The number of halogens is 1. The van der Waals surface area contributed by atoms with Crippen LogP contribution >= 0.6 is 11.6 Å². The maximum Gasteiger partial charge on any atom is 0.247 e. The van der Waals surface area contributed by atoms with Crippen molar-refractivity contribution in [1.29, 1.82) is 0 Å². The molecule has 0 aromatic heterocycles. The first-order chi connectivity index (χ1) is 18.6. The first-order valence-corrected chi connectivity index (χ1v) is 12.7. The Balaban J connectivity index is 1.85. The molecular formula is C26H33ClO12. The van der Waals surface area contributed by atoms with Crippen LogP contribution in [0.3, 0.4) is 0 Å². The minimum Gasteiger partial charge on any atom is -0.394 e. The molecule has 2 aliphatic heterocycles. The topological polar surface area (TPSA) is 199 Å². The number of hydrogen-bond acceptors (Lipinski definition) is 12. The average Bonchev–Trinajstić information content (AvgIpc) is 2.97. The molecule has 12 nitrogen and oxygen atoms in total. The van der Waals surface area contributed by atoms with Crippen molar-refractivity contribution in [3.8, 4) is 0 Å². The second-order valence-electron chi connectivity index (χ2n) is 9.48. The highest BCUT2D eigenvalue weighted by Crippen LogP contribution is 2.51. The van der Waals surface area contributed by atoms with Crippen LogP contribution in [0, 0.1) is 0 Å². The van der Waals surface area contributed by atoms with Gasteiger partial charge in [0.25, 0.3) is 0 Å². The first kappa shape index (κ1) is 30.2. The summed E-state index contributed by atoms with van der Waals surface area (Å²) in [7, 11) is 0. The van der Waals surface area contributed by atoms with Gasteiger partial charge < -0.3 is 59.8 Å². The van der Waals surface area contributed by atoms with Crippen LogP contribution in [-0.4, -0.2) is 115 Å². The van der Waals surface area contributed by atoms with E-state index >= 15 is 0 Å². The van der Waals surface area contributed by atoms with E-state index in [9.17, 15) is 40.9 Å². The molecule has 2 heterocycles. The van der Waals surface area contributed by atoms with Crippen molar-refractivity contribution in [1.82, 2.24) is 0 Å². The molecule has 0 amide bonds. The van der Waals surface area contributed by atoms with Gasteiger partial charge >= 0.3 is 0 Å². The minimum absolute atomic E-state index is 0.0658. The van der Waals surface area contributed by atoms with Crippen molar-refractivity contribution in [3.63, 3.8) is 0 Å². The molecule has 0 spiro atoms. The molecular weight excluding hydrogens is 540 g/mol. The van der Waals surface area contributed by atoms with Crippen LogP contribution in [0.5, 0.6) is 0 Å². The third-order valence-electron chi connectivity index (χ3n) is 6.97. The summed E-state index contributed by atoms with van der Waals surface area (Å²) in [6, 6.07) is 16.4. The van der Waals surface area contributed by atoms with E-state index in [1.807, 2.05) is 0 Å². The summed E-state index contributed by atoms with van der Waals surface area (Å²) in [5, 5.41) is 81.0. The number of aliphatic hydroxyl groups excluding tert-OH is 8. The maximum atomic E-state index is 11.4. The Morgan fingerprint density at radius 1 is 0.744 bits per heavy atom. The van der Waals surface area contributed by atoms with Gasteiger partial charge in [-0.3, -0.25) is 0 Å². The zero-order valence-corrected chi connectivity index (χ0v) is 21.4. The van der Waals surface area contributed by atoms with Gasteiger partial charge in [-0.25, -0.2) is 0 Å². The van der Waals surface area contributed by atoms with E-state index in [4.69, 9.17) is 30.5 Å². The zero-order chi connectivity index (χ0) is 28.4. The number of aliphatic hydroxyl groups is 8. The van der Waals surface area contributed by atoms with E-state index in [-0.39, 0.29) is 12.2 Å². The van der Waals surface area contributed by atoms with E-state index in [1.165, 1.54) is 12.1 Å². The third-order valence-corrected chi connectivity index (χ3v) is 7.54. The molecule has 11 atom stereocenters. The minimum atomic E-state index is -2.59. The van der Waals surface area contributed by atoms with Crippen molar-refractivity contribution in [2.75, 3.05) is 13.2 Å². The summed E-state index contributed by atoms with van der Waals surface area (Å²) >= 11 is 7.17. The Morgan fingerprint density at radius 2 is 1.31 bits per heavy atom. The summed E-state index contributed by atoms with van der Waals surface area (Å²) in [4.78, 5) is 0. The lowest BCUT2D eigenvalue weighted by atomic mass is 9.85. The van der Waals surface area contributed by atoms with E-state index in [2.05, 4.69) is 0 Å². The van der Waals surface area contributed by atoms with Gasteiger partial charge in [0.05, 0.1) is 19.8 Å². The smallest absolute Gasteiger partial charge is 0.247 e. The predicted molar refractivity (Wildman–Crippen MR) is 133 cm³/mol. The van der Waals surface area contributed by atoms with Crippen molar-refractivity contribution >= 4 is 11.6 Å². The van der Waals surface area contributed by atoms with Gasteiger partial charge in [-0.15, -0.1) is 0 Å². The van der Waals surface area contributed by atoms with E-state index in [1.54, 1.807) is 48.5 Å². The summed E-state index contributed by atoms with van der Waals surface area (Å²) in [6.45, 7) is -1.83. The lowest BCUT2D eigenvalue weighted by Crippen LogP contribution is -2.73. The molecule has 3 unspecified atom stereocenters. The molecule has 39 heavy (non-hydrogen) atoms. The SMILES string of the molecule is OC[C@H]1OC(OCc2ccccc2)(C(Cl)(OC2O[C@H](CO)[C@@H](O)[C@H](O)[C@H]2O)c2ccccc2)[C@H](O)[C@@H](O)[C@@H]1O. The van der Waals surface area contributed by atoms with Gasteiger partial charge in [0.15, 0.2) is 6.29 Å². The lowest BCUT2D eigenvalue weighted by molar-refractivity contribution is -0.431. The number of alkyl halides is 1. The molecule has 216 valence electrons. The first-order valence-electron chi connectivity index (χ1n) is 12.3. The zero-order valence-electron chi connectivity index (χ0n) is 20.7. The molecule has 0 saturated carbocycles. The largest absolute Gasteiger partial charge is 0.394 e. The maximum absolute atomic E-state index is 11.4. The molecule has 0 bridgehead atoms. The van der Waals surface area contributed by atoms with Gasteiger partial charge in [0.2, 0.25) is 10.8 Å². The normalized spacial score (nSPS) is 38.7. The molecule has 0 radical (unpaired) electrons. The Morgan fingerprint density at radius 3 is 1.90 bits per heavy atom. The van der Waals surface area contributed by atoms with Crippen LogP contribution in [0.25, 0.3) is 0 Å². The molecule has 13 heteroatoms. The third kappa shape index (κ3) is 5.59. The van der Waals surface area contributed by atoms with Crippen molar-refractivity contribution in [2.45, 2.75) is 72.6 Å². The Hall–Kier alpha value is -1.75. The van der Waals surface area contributed by atoms with Crippen LogP contribution in [0.1, 0.15) is 11.1 Å². The van der Waals surface area contributed by atoms with Crippen LogP contribution in [0.4, 0.5) is 0 Å². The summed E-state index contributed by atoms with van der Waals surface area (Å²) < 4.78 is 23.6. The molecule has 4 rings (SSSR count). The van der Waals surface area contributed by atoms with Gasteiger partial charge in [0.1, 0.15) is 48.8 Å². The highest BCUT2D eigenvalue weighted by Gasteiger charge is 2.68. The fourth-order valence-electron chi connectivity index (χ4n) is 4.71. The Kier molecular flexibility index (Phi) is 9.61. The van der Waals surface area contributed by atoms with Crippen LogP contribution in [0.15, 0.2) is 60.7 Å². The fourth-order valence-corrected chi connectivity index (χ4v) is 5.14. The van der Waals surface area contributed by atoms with Gasteiger partial charge in [-0.05, 0) is 5.56 Å². The fraction of sp³-hybridized carbons (Fsp3) is 0.538. The van der Waals surface area contributed by atoms with Crippen LogP contribution in [-0.2, 0) is 30.6 Å². The Bertz CT molecular complexity index is 1050. The van der Waals surface area contributed by atoms with E-state index < -0.39 is 79.2 Å². The molecule has 8 N–H and O–H groups in total. The van der Waals surface area contributed by atoms with Crippen LogP contribution < -0.4 is 0 Å². The van der Waals surface area contributed by atoms with E-state index in [0.717, 1.165) is 0 Å². The van der Waals surface area contributed by atoms with Crippen molar-refractivity contribution in [2.24, 2.45) is 0 Å². The number of benzene rings is 2. The van der Waals surface area contributed by atoms with Gasteiger partial charge in [-0.2, -0.15) is 0 Å². The quantitative estimate of drug-likeness (QED) is 0.158. The second kappa shape index (κ2) is 12.4. The number of rotatable bonds is 9. The number of ether oxygens (including phenoxy) is 4. The highest BCUT2D eigenvalue weighted by atomic mass is 35.5. The summed E-state index contributed by atoms with van der Waals surface area (Å²) in [5.41, 5.74) is 0.657. The molecule has 2 fully saturated rings. The van der Waals surface area contributed by atoms with Gasteiger partial charge in [0, 0.05) is 5.56 Å².